The SMILES string of the molecule is CCCCCCCCc1c2nc(c(CCCCCCCC)c3ccc([nH]3)c(CCCCCCCC)c3ccc([nH]3)c(CCCCCCCC)c3nc1C=C3)C=C2. The van der Waals surface area contributed by atoms with Crippen LogP contribution in [0.3, 0.4) is 0 Å². The molecule has 0 aliphatic carbocycles. The molecule has 4 heteroatoms. The summed E-state index contributed by atoms with van der Waals surface area (Å²) in [5, 5.41) is 0. The molecule has 5 rings (SSSR count). The lowest BCUT2D eigenvalue weighted by Gasteiger charge is -2.07. The molecule has 0 aromatic carbocycles. The number of fused-ring (bicyclic) bond motifs is 8. The number of rotatable bonds is 28. The van der Waals surface area contributed by atoms with Crippen LogP contribution in [0.1, 0.15) is 227 Å². The van der Waals surface area contributed by atoms with Crippen LogP contribution in [0.25, 0.3) is 46.4 Å². The average Bonchev–Trinajstić information content (AvgIpc) is 4.06. The maximum absolute atomic E-state index is 5.49. The highest BCUT2D eigenvalue weighted by Gasteiger charge is 2.17. The first kappa shape index (κ1) is 43.7. The van der Waals surface area contributed by atoms with Crippen molar-refractivity contribution in [2.24, 2.45) is 0 Å². The summed E-state index contributed by atoms with van der Waals surface area (Å²) in [5.41, 5.74) is 14.9. The van der Waals surface area contributed by atoms with Crippen LogP contribution in [0.4, 0.5) is 0 Å². The first-order chi connectivity index (χ1) is 27.7. The summed E-state index contributed by atoms with van der Waals surface area (Å²) in [6, 6.07) is 9.40. The van der Waals surface area contributed by atoms with Crippen molar-refractivity contribution in [3.63, 3.8) is 0 Å². The zero-order valence-corrected chi connectivity index (χ0v) is 36.3. The first-order valence-corrected chi connectivity index (χ1v) is 23.8. The lowest BCUT2D eigenvalue weighted by atomic mass is 10.0. The van der Waals surface area contributed by atoms with Crippen molar-refractivity contribution in [2.45, 2.75) is 207 Å². The van der Waals surface area contributed by atoms with Crippen molar-refractivity contribution in [3.05, 3.63) is 69.3 Å². The lowest BCUT2D eigenvalue weighted by molar-refractivity contribution is 0.606. The van der Waals surface area contributed by atoms with Gasteiger partial charge in [0.1, 0.15) is 0 Å². The second-order valence-electron chi connectivity index (χ2n) is 17.0. The molecular formula is C52H78N4. The van der Waals surface area contributed by atoms with Crippen LogP contribution in [0.5, 0.6) is 0 Å². The van der Waals surface area contributed by atoms with Crippen LogP contribution < -0.4 is 0 Å². The van der Waals surface area contributed by atoms with Crippen LogP contribution in [0.2, 0.25) is 0 Å². The highest BCUT2D eigenvalue weighted by molar-refractivity contribution is 5.83. The maximum Gasteiger partial charge on any atom is 0.0691 e. The van der Waals surface area contributed by atoms with Crippen molar-refractivity contribution < 1.29 is 0 Å². The summed E-state index contributed by atoms with van der Waals surface area (Å²) in [6.45, 7) is 9.22. The summed E-state index contributed by atoms with van der Waals surface area (Å²) in [5.74, 6) is 0. The van der Waals surface area contributed by atoms with Crippen molar-refractivity contribution in [2.75, 3.05) is 0 Å². The minimum Gasteiger partial charge on any atom is -0.355 e. The number of H-pyrrole nitrogens is 2. The Bertz CT molecular complexity index is 1700. The molecule has 56 heavy (non-hydrogen) atoms. The van der Waals surface area contributed by atoms with Crippen LogP contribution >= 0.6 is 0 Å². The smallest absolute Gasteiger partial charge is 0.0691 e. The van der Waals surface area contributed by atoms with Gasteiger partial charge in [0.15, 0.2) is 0 Å². The molecule has 4 nitrogen and oxygen atoms in total. The normalized spacial score (nSPS) is 12.4. The van der Waals surface area contributed by atoms with E-state index in [9.17, 15) is 0 Å². The molecule has 3 aromatic rings. The quantitative estimate of drug-likeness (QED) is 0.0499. The third-order valence-corrected chi connectivity index (χ3v) is 12.3. The molecule has 0 saturated carbocycles. The Hall–Kier alpha value is -3.40. The largest absolute Gasteiger partial charge is 0.355 e. The van der Waals surface area contributed by atoms with E-state index in [0.717, 1.165) is 48.5 Å². The number of hydrogen-bond donors (Lipinski definition) is 2. The van der Waals surface area contributed by atoms with Gasteiger partial charge in [-0.25, -0.2) is 9.97 Å². The number of nitrogens with one attached hydrogen (secondary N) is 2. The van der Waals surface area contributed by atoms with E-state index < -0.39 is 0 Å². The van der Waals surface area contributed by atoms with E-state index in [1.54, 1.807) is 0 Å². The van der Waals surface area contributed by atoms with E-state index in [4.69, 9.17) is 9.97 Å². The number of aromatic nitrogens is 4. The lowest BCUT2D eigenvalue weighted by Crippen LogP contribution is -1.97. The monoisotopic (exact) mass is 759 g/mol. The van der Waals surface area contributed by atoms with Gasteiger partial charge < -0.3 is 9.97 Å². The fraction of sp³-hybridized carbons (Fsp3) is 0.615. The van der Waals surface area contributed by atoms with Gasteiger partial charge in [0.05, 0.1) is 22.8 Å². The Morgan fingerprint density at radius 1 is 0.304 bits per heavy atom. The molecule has 0 amide bonds. The molecule has 3 aromatic heterocycles. The predicted octanol–water partition coefficient (Wildman–Crippen LogP) is 16.3. The Morgan fingerprint density at radius 2 is 0.554 bits per heavy atom. The Kier molecular flexibility index (Phi) is 19.6. The van der Waals surface area contributed by atoms with Crippen molar-refractivity contribution in [3.8, 4) is 0 Å². The molecule has 306 valence electrons. The summed E-state index contributed by atoms with van der Waals surface area (Å²) in [4.78, 5) is 19.0. The van der Waals surface area contributed by atoms with E-state index in [0.29, 0.717) is 0 Å². The molecule has 0 saturated heterocycles. The Morgan fingerprint density at radius 3 is 0.893 bits per heavy atom. The summed E-state index contributed by atoms with van der Waals surface area (Å²) in [6.07, 6.45) is 44.5. The number of unbranched alkanes of at least 4 members (excludes halogenated alkanes) is 20. The number of nitrogens with zero attached hydrogens (tertiary/aromatic N) is 2. The number of aryl methyl sites for hydroxylation is 3. The van der Waals surface area contributed by atoms with Gasteiger partial charge in [-0.15, -0.1) is 0 Å². The van der Waals surface area contributed by atoms with E-state index in [1.807, 2.05) is 0 Å². The van der Waals surface area contributed by atoms with Gasteiger partial charge in [0, 0.05) is 38.8 Å². The molecule has 0 atom stereocenters. The molecule has 5 heterocycles. The molecule has 2 N–H and O–H groups in total. The minimum absolute atomic E-state index is 1.02. The highest BCUT2D eigenvalue weighted by atomic mass is 14.8. The number of aromatic amines is 2. The van der Waals surface area contributed by atoms with Gasteiger partial charge in [-0.1, -0.05) is 156 Å². The second kappa shape index (κ2) is 25.1. The molecule has 0 radical (unpaired) electrons. The molecule has 8 bridgehead atoms. The fourth-order valence-electron chi connectivity index (χ4n) is 8.82. The summed E-state index contributed by atoms with van der Waals surface area (Å²) in [7, 11) is 0. The topological polar surface area (TPSA) is 57.4 Å². The minimum atomic E-state index is 1.02. The number of hydrogen-bond acceptors (Lipinski definition) is 2. The first-order valence-electron chi connectivity index (χ1n) is 23.8. The average molecular weight is 759 g/mol. The molecule has 2 aliphatic rings. The van der Waals surface area contributed by atoms with Gasteiger partial charge >= 0.3 is 0 Å². The van der Waals surface area contributed by atoms with Crippen LogP contribution in [0, 0.1) is 0 Å². The van der Waals surface area contributed by atoms with Gasteiger partial charge in [0.25, 0.3) is 0 Å². The van der Waals surface area contributed by atoms with Crippen molar-refractivity contribution in [1.82, 2.24) is 19.9 Å². The standard InChI is InChI=1S/C52H78N4/c1-5-9-13-17-21-25-29-41-45-33-35-47(53-45)42(30-26-22-18-14-10-6-2)49-37-39-51(55-49)44(32-28-24-20-16-12-8-4)52-40-38-50(56-52)43(48-36-34-46(41)54-48)31-27-23-19-15-11-7-3/h33-40,53-54H,5-32H2,1-4H3. The van der Waals surface area contributed by atoms with Crippen LogP contribution in [-0.2, 0) is 25.7 Å². The molecule has 0 unspecified atom stereocenters. The van der Waals surface area contributed by atoms with E-state index in [-0.39, 0.29) is 0 Å². The fourth-order valence-corrected chi connectivity index (χ4v) is 8.82. The van der Waals surface area contributed by atoms with E-state index in [1.165, 1.54) is 198 Å². The van der Waals surface area contributed by atoms with Crippen molar-refractivity contribution >= 4 is 46.4 Å². The Balaban J connectivity index is 1.63. The predicted molar refractivity (Wildman–Crippen MR) is 247 cm³/mol. The Labute approximate surface area is 341 Å². The van der Waals surface area contributed by atoms with E-state index >= 15 is 0 Å². The summed E-state index contributed by atoms with van der Waals surface area (Å²) >= 11 is 0. The van der Waals surface area contributed by atoms with Gasteiger partial charge in [-0.3, -0.25) is 0 Å². The third-order valence-electron chi connectivity index (χ3n) is 12.3. The second-order valence-corrected chi connectivity index (χ2v) is 17.0. The van der Waals surface area contributed by atoms with Gasteiger partial charge in [-0.2, -0.15) is 0 Å². The zero-order valence-electron chi connectivity index (χ0n) is 36.3. The van der Waals surface area contributed by atoms with Crippen LogP contribution in [-0.4, -0.2) is 19.9 Å². The molecular weight excluding hydrogens is 681 g/mol. The zero-order chi connectivity index (χ0) is 39.2. The highest BCUT2D eigenvalue weighted by Crippen LogP contribution is 2.30. The van der Waals surface area contributed by atoms with Gasteiger partial charge in [-0.05, 0) is 105 Å². The van der Waals surface area contributed by atoms with Crippen LogP contribution in [0.15, 0.2) is 24.3 Å². The molecule has 0 spiro atoms. The maximum atomic E-state index is 5.49. The van der Waals surface area contributed by atoms with Crippen molar-refractivity contribution in [1.29, 1.82) is 0 Å². The molecule has 2 aliphatic heterocycles. The van der Waals surface area contributed by atoms with Gasteiger partial charge in [0.2, 0.25) is 0 Å². The third kappa shape index (κ3) is 13.3. The molecule has 0 fully saturated rings. The summed E-state index contributed by atoms with van der Waals surface area (Å²) < 4.78 is 0. The van der Waals surface area contributed by atoms with E-state index in [2.05, 4.69) is 86.2 Å².